The van der Waals surface area contributed by atoms with Crippen molar-refractivity contribution in [2.45, 2.75) is 26.7 Å². The zero-order valence-corrected chi connectivity index (χ0v) is 18.3. The number of nitrogens with one attached hydrogen (secondary N) is 1. The van der Waals surface area contributed by atoms with Gasteiger partial charge in [-0.1, -0.05) is 49.7 Å². The Hall–Kier alpha value is -2.54. The van der Waals surface area contributed by atoms with Gasteiger partial charge < -0.3 is 10.1 Å². The maximum Gasteiger partial charge on any atom is 0.240 e. The minimum Gasteiger partial charge on any atom is -0.495 e. The minimum absolute atomic E-state index is 0.279. The lowest BCUT2D eigenvalue weighted by molar-refractivity contribution is -0.119. The molecule has 1 unspecified atom stereocenters. The Balaban J connectivity index is 2.08. The van der Waals surface area contributed by atoms with E-state index in [-0.39, 0.29) is 18.4 Å². The van der Waals surface area contributed by atoms with Gasteiger partial charge in [0.1, 0.15) is 12.3 Å². The lowest BCUT2D eigenvalue weighted by Gasteiger charge is -2.24. The molecular formula is C22H30N2O4S. The van der Waals surface area contributed by atoms with E-state index in [1.807, 2.05) is 31.2 Å². The van der Waals surface area contributed by atoms with E-state index in [2.05, 4.69) is 24.4 Å². The number of ether oxygens (including phenoxy) is 1. The van der Waals surface area contributed by atoms with Crippen LogP contribution in [0.5, 0.6) is 5.75 Å². The Labute approximate surface area is 173 Å². The minimum atomic E-state index is -3.66. The molecule has 0 aliphatic heterocycles. The van der Waals surface area contributed by atoms with Crippen LogP contribution >= 0.6 is 0 Å². The fourth-order valence-electron chi connectivity index (χ4n) is 3.13. The van der Waals surface area contributed by atoms with Gasteiger partial charge in [0, 0.05) is 6.54 Å². The Morgan fingerprint density at radius 3 is 2.45 bits per heavy atom. The highest BCUT2D eigenvalue weighted by Crippen LogP contribution is 2.30. The van der Waals surface area contributed by atoms with Gasteiger partial charge in [0.05, 0.1) is 19.1 Å². The molecule has 0 heterocycles. The molecule has 7 heteroatoms. The lowest BCUT2D eigenvalue weighted by Crippen LogP contribution is -2.42. The largest absolute Gasteiger partial charge is 0.495 e. The summed E-state index contributed by atoms with van der Waals surface area (Å²) in [5.41, 5.74) is 2.46. The van der Waals surface area contributed by atoms with Crippen LogP contribution in [0.1, 0.15) is 24.5 Å². The second-order valence-corrected chi connectivity index (χ2v) is 9.12. The highest BCUT2D eigenvalue weighted by molar-refractivity contribution is 7.92. The normalized spacial score (nSPS) is 12.3. The monoisotopic (exact) mass is 418 g/mol. The van der Waals surface area contributed by atoms with Crippen molar-refractivity contribution in [3.63, 3.8) is 0 Å². The molecule has 0 aliphatic carbocycles. The molecule has 2 aromatic carbocycles. The maximum atomic E-state index is 12.6. The van der Waals surface area contributed by atoms with Gasteiger partial charge in [-0.05, 0) is 42.5 Å². The zero-order chi connectivity index (χ0) is 21.4. The summed E-state index contributed by atoms with van der Waals surface area (Å²) < 4.78 is 31.1. The van der Waals surface area contributed by atoms with Gasteiger partial charge in [-0.2, -0.15) is 0 Å². The van der Waals surface area contributed by atoms with Crippen molar-refractivity contribution in [3.8, 4) is 5.75 Å². The highest BCUT2D eigenvalue weighted by atomic mass is 32.2. The molecule has 2 aromatic rings. The van der Waals surface area contributed by atoms with Gasteiger partial charge in [0.25, 0.3) is 0 Å². The van der Waals surface area contributed by atoms with Crippen LogP contribution in [0.3, 0.4) is 0 Å². The number of amides is 1. The van der Waals surface area contributed by atoms with Gasteiger partial charge >= 0.3 is 0 Å². The lowest BCUT2D eigenvalue weighted by atomic mass is 9.97. The van der Waals surface area contributed by atoms with E-state index in [9.17, 15) is 13.2 Å². The number of carbonyl (C=O) groups is 1. The van der Waals surface area contributed by atoms with Crippen LogP contribution < -0.4 is 14.4 Å². The van der Waals surface area contributed by atoms with Crippen LogP contribution in [0.2, 0.25) is 0 Å². The first kappa shape index (κ1) is 22.7. The van der Waals surface area contributed by atoms with Gasteiger partial charge in [-0.15, -0.1) is 0 Å². The first-order valence-electron chi connectivity index (χ1n) is 9.67. The molecule has 0 fully saturated rings. The summed E-state index contributed by atoms with van der Waals surface area (Å²) >= 11 is 0. The van der Waals surface area contributed by atoms with E-state index in [0.717, 1.165) is 29.0 Å². The van der Waals surface area contributed by atoms with Crippen molar-refractivity contribution in [3.05, 3.63) is 59.7 Å². The second-order valence-electron chi connectivity index (χ2n) is 7.21. The molecule has 0 bridgehead atoms. The number of hydrogen-bond acceptors (Lipinski definition) is 4. The average molecular weight is 419 g/mol. The SMILES string of the molecule is CCC(CNC(=O)CN(c1cc(C)ccc1OC)S(C)(=O)=O)Cc1ccccc1. The molecule has 0 radical (unpaired) electrons. The third-order valence-electron chi connectivity index (χ3n) is 4.82. The molecule has 158 valence electrons. The van der Waals surface area contributed by atoms with Crippen molar-refractivity contribution in [1.82, 2.24) is 5.32 Å². The molecule has 0 saturated carbocycles. The summed E-state index contributed by atoms with van der Waals surface area (Å²) in [6, 6.07) is 15.4. The van der Waals surface area contributed by atoms with Crippen LogP contribution in [-0.4, -0.2) is 40.8 Å². The molecule has 0 aliphatic rings. The number of sulfonamides is 1. The third kappa shape index (κ3) is 6.78. The Morgan fingerprint density at radius 1 is 1.17 bits per heavy atom. The topological polar surface area (TPSA) is 75.7 Å². The van der Waals surface area contributed by atoms with Gasteiger partial charge in [-0.3, -0.25) is 9.10 Å². The fraction of sp³-hybridized carbons (Fsp3) is 0.409. The predicted octanol–water partition coefficient (Wildman–Crippen LogP) is 3.15. The smallest absolute Gasteiger partial charge is 0.240 e. The second kappa shape index (κ2) is 10.3. The standard InChI is InChI=1S/C22H30N2O4S/c1-5-18(14-19-9-7-6-8-10-19)15-23-22(25)16-24(29(4,26)27)20-13-17(2)11-12-21(20)28-3/h6-13,18H,5,14-16H2,1-4H3,(H,23,25). The quantitative estimate of drug-likeness (QED) is 0.643. The van der Waals surface area contributed by atoms with Crippen molar-refractivity contribution in [2.24, 2.45) is 5.92 Å². The summed E-state index contributed by atoms with van der Waals surface area (Å²) in [4.78, 5) is 12.6. The van der Waals surface area contributed by atoms with Crippen molar-refractivity contribution in [2.75, 3.05) is 30.8 Å². The Kier molecular flexibility index (Phi) is 8.08. The Bertz CT molecular complexity index is 914. The molecule has 0 saturated heterocycles. The summed E-state index contributed by atoms with van der Waals surface area (Å²) in [7, 11) is -2.19. The maximum absolute atomic E-state index is 12.6. The van der Waals surface area contributed by atoms with Crippen LogP contribution in [0, 0.1) is 12.8 Å². The van der Waals surface area contributed by atoms with Crippen molar-refractivity contribution >= 4 is 21.6 Å². The molecule has 1 amide bonds. The summed E-state index contributed by atoms with van der Waals surface area (Å²) in [5, 5.41) is 2.89. The van der Waals surface area contributed by atoms with E-state index in [0.29, 0.717) is 18.0 Å². The van der Waals surface area contributed by atoms with E-state index < -0.39 is 10.0 Å². The molecule has 1 N–H and O–H groups in total. The molecule has 6 nitrogen and oxygen atoms in total. The number of aryl methyl sites for hydroxylation is 1. The predicted molar refractivity (Wildman–Crippen MR) is 117 cm³/mol. The summed E-state index contributed by atoms with van der Waals surface area (Å²) in [5.74, 6) is 0.344. The molecular weight excluding hydrogens is 388 g/mol. The van der Waals surface area contributed by atoms with E-state index >= 15 is 0 Å². The average Bonchev–Trinajstić information content (AvgIpc) is 2.69. The Morgan fingerprint density at radius 2 is 1.86 bits per heavy atom. The van der Waals surface area contributed by atoms with E-state index in [4.69, 9.17) is 4.74 Å². The van der Waals surface area contributed by atoms with E-state index in [1.165, 1.54) is 12.7 Å². The molecule has 29 heavy (non-hydrogen) atoms. The molecule has 0 aromatic heterocycles. The van der Waals surface area contributed by atoms with Crippen LogP contribution in [0.4, 0.5) is 5.69 Å². The number of methoxy groups -OCH3 is 1. The van der Waals surface area contributed by atoms with Crippen LogP contribution in [0.25, 0.3) is 0 Å². The van der Waals surface area contributed by atoms with Gasteiger partial charge in [0.15, 0.2) is 0 Å². The van der Waals surface area contributed by atoms with Crippen molar-refractivity contribution < 1.29 is 17.9 Å². The number of benzene rings is 2. The van der Waals surface area contributed by atoms with Crippen LogP contribution in [0.15, 0.2) is 48.5 Å². The fourth-order valence-corrected chi connectivity index (χ4v) is 3.98. The summed E-state index contributed by atoms with van der Waals surface area (Å²) in [6.07, 6.45) is 2.86. The molecule has 0 spiro atoms. The first-order chi connectivity index (χ1) is 13.7. The number of hydrogen-bond donors (Lipinski definition) is 1. The molecule has 1 atom stereocenters. The van der Waals surface area contributed by atoms with Crippen LogP contribution in [-0.2, 0) is 21.2 Å². The first-order valence-corrected chi connectivity index (χ1v) is 11.5. The third-order valence-corrected chi connectivity index (χ3v) is 5.95. The molecule has 2 rings (SSSR count). The van der Waals surface area contributed by atoms with Crippen molar-refractivity contribution in [1.29, 1.82) is 0 Å². The zero-order valence-electron chi connectivity index (χ0n) is 17.5. The number of nitrogens with zero attached hydrogens (tertiary/aromatic N) is 1. The van der Waals surface area contributed by atoms with Gasteiger partial charge in [-0.25, -0.2) is 8.42 Å². The summed E-state index contributed by atoms with van der Waals surface area (Å²) in [6.45, 7) is 4.15. The number of anilines is 1. The number of rotatable bonds is 10. The number of carbonyl (C=O) groups excluding carboxylic acids is 1. The van der Waals surface area contributed by atoms with Gasteiger partial charge in [0.2, 0.25) is 15.9 Å². The highest BCUT2D eigenvalue weighted by Gasteiger charge is 2.24. The van der Waals surface area contributed by atoms with E-state index in [1.54, 1.807) is 12.1 Å².